The van der Waals surface area contributed by atoms with Crippen LogP contribution in [-0.4, -0.2) is 36.6 Å². The van der Waals surface area contributed by atoms with Crippen LogP contribution in [0.5, 0.6) is 0 Å². The molecule has 1 aliphatic heterocycles. The average Bonchev–Trinajstić information content (AvgIpc) is 3.27. The fraction of sp³-hybridized carbons (Fsp3) is 0.200. The van der Waals surface area contributed by atoms with E-state index in [1.165, 1.54) is 24.3 Å². The zero-order valence-electron chi connectivity index (χ0n) is 16.3. The summed E-state index contributed by atoms with van der Waals surface area (Å²) in [6.45, 7) is 0.485. The molecule has 0 atom stereocenters. The minimum absolute atomic E-state index is 0.0251. The van der Waals surface area contributed by atoms with E-state index in [1.807, 2.05) is 0 Å². The Morgan fingerprint density at radius 3 is 2.41 bits per heavy atom. The Bertz CT molecular complexity index is 1200. The zero-order valence-corrected chi connectivity index (χ0v) is 18.0. The van der Waals surface area contributed by atoms with Gasteiger partial charge in [-0.25, -0.2) is 22.8 Å². The molecular formula is C20H16F4N4O2S2. The number of thioether (sulfide) groups is 1. The van der Waals surface area contributed by atoms with Crippen LogP contribution >= 0.6 is 11.8 Å². The number of nitrogens with zero attached hydrogens (tertiary/aromatic N) is 3. The van der Waals surface area contributed by atoms with Gasteiger partial charge < -0.3 is 4.90 Å². The molecule has 0 spiro atoms. The molecule has 6 nitrogen and oxygen atoms in total. The summed E-state index contributed by atoms with van der Waals surface area (Å²) in [6.07, 6.45) is -4.79. The quantitative estimate of drug-likeness (QED) is 0.413. The van der Waals surface area contributed by atoms with Crippen LogP contribution in [0, 0.1) is 5.82 Å². The van der Waals surface area contributed by atoms with Gasteiger partial charge in [0.05, 0.1) is 17.1 Å². The molecule has 0 bridgehead atoms. The molecule has 1 N–H and O–H groups in total. The number of aromatic nitrogens is 2. The molecule has 1 fully saturated rings. The number of nitrogens with one attached hydrogen (secondary N) is 1. The molecule has 1 aromatic heterocycles. The number of halogens is 4. The molecule has 0 amide bonds. The molecular weight excluding hydrogens is 468 g/mol. The van der Waals surface area contributed by atoms with E-state index >= 15 is 0 Å². The molecule has 1 aliphatic rings. The Kier molecular flexibility index (Phi) is 6.24. The van der Waals surface area contributed by atoms with Crippen molar-refractivity contribution in [2.24, 2.45) is 0 Å². The topological polar surface area (TPSA) is 75.2 Å². The molecule has 32 heavy (non-hydrogen) atoms. The second kappa shape index (κ2) is 8.94. The molecule has 4 rings (SSSR count). The monoisotopic (exact) mass is 484 g/mol. The number of hydrogen-bond donors (Lipinski definition) is 2. The predicted octanol–water partition coefficient (Wildman–Crippen LogP) is 4.42. The minimum atomic E-state index is -4.79. The molecule has 0 radical (unpaired) electrons. The van der Waals surface area contributed by atoms with Crippen molar-refractivity contribution in [3.05, 3.63) is 60.2 Å². The molecule has 168 valence electrons. The largest absolute Gasteiger partial charge is 0.451 e. The van der Waals surface area contributed by atoms with Crippen LogP contribution in [-0.2, 0) is 17.1 Å². The second-order valence-corrected chi connectivity index (χ2v) is 8.66. The molecule has 0 unspecified atom stereocenters. The summed E-state index contributed by atoms with van der Waals surface area (Å²) >= 11 is 1.55. The SMILES string of the molecule is O=[SH](=O)Nc1cccc(-c2c(-c3ccc(F)cc3)nc(C(F)(F)F)nc2N2CCSC2)c1. The fourth-order valence-corrected chi connectivity index (χ4v) is 4.62. The van der Waals surface area contributed by atoms with Crippen molar-refractivity contribution in [3.8, 4) is 22.4 Å². The van der Waals surface area contributed by atoms with Crippen LogP contribution in [0.4, 0.5) is 29.1 Å². The third-order valence-electron chi connectivity index (χ3n) is 4.68. The highest BCUT2D eigenvalue weighted by Crippen LogP contribution is 2.42. The molecule has 2 aromatic carbocycles. The van der Waals surface area contributed by atoms with E-state index in [2.05, 4.69) is 14.7 Å². The van der Waals surface area contributed by atoms with Gasteiger partial charge in [-0.3, -0.25) is 4.72 Å². The number of hydrogen-bond acceptors (Lipinski definition) is 6. The predicted molar refractivity (Wildman–Crippen MR) is 116 cm³/mol. The molecule has 0 saturated carbocycles. The lowest BCUT2D eigenvalue weighted by Gasteiger charge is -2.23. The first-order valence-corrected chi connectivity index (χ1v) is 11.6. The summed E-state index contributed by atoms with van der Waals surface area (Å²) in [5.41, 5.74) is 1.22. The first-order chi connectivity index (χ1) is 15.2. The third kappa shape index (κ3) is 4.80. The molecule has 12 heteroatoms. The summed E-state index contributed by atoms with van der Waals surface area (Å²) in [7, 11) is -2.94. The number of anilines is 2. The summed E-state index contributed by atoms with van der Waals surface area (Å²) in [5, 5.41) is 0. The van der Waals surface area contributed by atoms with E-state index < -0.39 is 28.7 Å². The van der Waals surface area contributed by atoms with Gasteiger partial charge in [-0.2, -0.15) is 13.2 Å². The van der Waals surface area contributed by atoms with Gasteiger partial charge in [0.25, 0.3) is 0 Å². The van der Waals surface area contributed by atoms with E-state index in [0.717, 1.165) is 17.9 Å². The maximum absolute atomic E-state index is 13.7. The maximum Gasteiger partial charge on any atom is 0.451 e. The number of thiol groups is 1. The lowest BCUT2D eigenvalue weighted by molar-refractivity contribution is -0.144. The van der Waals surface area contributed by atoms with Crippen molar-refractivity contribution in [3.63, 3.8) is 0 Å². The Hall–Kier alpha value is -2.86. The highest BCUT2D eigenvalue weighted by molar-refractivity contribution is 7.99. The Morgan fingerprint density at radius 2 is 1.78 bits per heavy atom. The Labute approximate surface area is 186 Å². The van der Waals surface area contributed by atoms with Gasteiger partial charge in [0.1, 0.15) is 11.6 Å². The van der Waals surface area contributed by atoms with Crippen molar-refractivity contribution >= 4 is 34.2 Å². The van der Waals surface area contributed by atoms with Crippen LogP contribution < -0.4 is 9.62 Å². The van der Waals surface area contributed by atoms with Crippen molar-refractivity contribution in [1.82, 2.24) is 9.97 Å². The van der Waals surface area contributed by atoms with Crippen molar-refractivity contribution in [2.75, 3.05) is 27.8 Å². The van der Waals surface area contributed by atoms with Gasteiger partial charge in [-0.05, 0) is 42.0 Å². The molecule has 3 aromatic rings. The van der Waals surface area contributed by atoms with Crippen LogP contribution in [0.15, 0.2) is 48.5 Å². The Morgan fingerprint density at radius 1 is 1.03 bits per heavy atom. The molecule has 1 saturated heterocycles. The van der Waals surface area contributed by atoms with Crippen LogP contribution in [0.3, 0.4) is 0 Å². The van der Waals surface area contributed by atoms with E-state index in [0.29, 0.717) is 23.5 Å². The second-order valence-electron chi connectivity index (χ2n) is 6.85. The maximum atomic E-state index is 13.7. The number of benzene rings is 2. The summed E-state index contributed by atoms with van der Waals surface area (Å²) in [6, 6.07) is 11.2. The summed E-state index contributed by atoms with van der Waals surface area (Å²) in [4.78, 5) is 9.39. The van der Waals surface area contributed by atoms with Crippen LogP contribution in [0.1, 0.15) is 5.82 Å². The first-order valence-electron chi connectivity index (χ1n) is 9.32. The average molecular weight is 485 g/mol. The lowest BCUT2D eigenvalue weighted by atomic mass is 9.98. The summed E-state index contributed by atoms with van der Waals surface area (Å²) < 4.78 is 79.0. The van der Waals surface area contributed by atoms with Gasteiger partial charge in [0.15, 0.2) is 0 Å². The van der Waals surface area contributed by atoms with Crippen molar-refractivity contribution in [2.45, 2.75) is 6.18 Å². The zero-order chi connectivity index (χ0) is 22.9. The normalized spacial score (nSPS) is 14.2. The van der Waals surface area contributed by atoms with E-state index in [1.54, 1.807) is 28.8 Å². The van der Waals surface area contributed by atoms with E-state index in [4.69, 9.17) is 0 Å². The molecule has 2 heterocycles. The van der Waals surface area contributed by atoms with E-state index in [-0.39, 0.29) is 22.8 Å². The minimum Gasteiger partial charge on any atom is -0.346 e. The van der Waals surface area contributed by atoms with Gasteiger partial charge in [-0.1, -0.05) is 12.1 Å². The first kappa shape index (κ1) is 22.3. The highest BCUT2D eigenvalue weighted by atomic mass is 32.2. The standard InChI is InChI=1S/C20H16F4N4O2S2/c21-14-6-4-12(5-7-14)17-16(13-2-1-3-15(10-13)27-32(29)30)18(28-8-9-31-11-28)26-19(25-17)20(22,23)24/h1-7,10,32H,8-9,11H2,(H,27,29,30). The van der Waals surface area contributed by atoms with Gasteiger partial charge in [-0.15, -0.1) is 11.8 Å². The smallest absolute Gasteiger partial charge is 0.346 e. The van der Waals surface area contributed by atoms with Crippen LogP contribution in [0.2, 0.25) is 0 Å². The Balaban J connectivity index is 2.02. The number of alkyl halides is 3. The van der Waals surface area contributed by atoms with Gasteiger partial charge >= 0.3 is 6.18 Å². The summed E-state index contributed by atoms with van der Waals surface area (Å²) in [5.74, 6) is -0.601. The van der Waals surface area contributed by atoms with E-state index in [9.17, 15) is 26.0 Å². The van der Waals surface area contributed by atoms with Crippen LogP contribution in [0.25, 0.3) is 22.4 Å². The van der Waals surface area contributed by atoms with Gasteiger partial charge in [0, 0.05) is 23.5 Å². The third-order valence-corrected chi connectivity index (χ3v) is 6.09. The van der Waals surface area contributed by atoms with Crippen molar-refractivity contribution < 1.29 is 26.0 Å². The highest BCUT2D eigenvalue weighted by Gasteiger charge is 2.37. The van der Waals surface area contributed by atoms with Crippen molar-refractivity contribution in [1.29, 1.82) is 0 Å². The van der Waals surface area contributed by atoms with Gasteiger partial charge in [0.2, 0.25) is 16.7 Å². The number of rotatable bonds is 5. The molecule has 0 aliphatic carbocycles. The lowest BCUT2D eigenvalue weighted by Crippen LogP contribution is -2.23. The fourth-order valence-electron chi connectivity index (χ4n) is 3.32.